The van der Waals surface area contributed by atoms with Gasteiger partial charge in [-0.05, 0) is 26.9 Å². The Hall–Kier alpha value is -2.47. The van der Waals surface area contributed by atoms with Crippen LogP contribution < -0.4 is 10.6 Å². The van der Waals surface area contributed by atoms with E-state index in [1.54, 1.807) is 6.07 Å². The number of aromatic nitrogens is 2. The number of nitrogens with zero attached hydrogens (tertiary/aromatic N) is 3. The summed E-state index contributed by atoms with van der Waals surface area (Å²) in [6, 6.07) is 12.0. The van der Waals surface area contributed by atoms with Crippen LogP contribution >= 0.6 is 0 Å². The molecule has 0 saturated heterocycles. The summed E-state index contributed by atoms with van der Waals surface area (Å²) in [5.74, 6) is 1.14. The largest absolute Gasteiger partial charge is 0.367 e. The average Bonchev–Trinajstić information content (AvgIpc) is 2.69. The van der Waals surface area contributed by atoms with E-state index in [4.69, 9.17) is 0 Å². The maximum absolute atomic E-state index is 12.6. The van der Waals surface area contributed by atoms with Crippen molar-refractivity contribution in [3.8, 4) is 11.4 Å². The fourth-order valence-corrected chi connectivity index (χ4v) is 3.29. The van der Waals surface area contributed by atoms with Crippen LogP contribution in [-0.4, -0.2) is 54.0 Å². The van der Waals surface area contributed by atoms with E-state index in [2.05, 4.69) is 20.6 Å². The molecule has 144 valence electrons. The summed E-state index contributed by atoms with van der Waals surface area (Å²) in [7, 11) is 3.97. The minimum absolute atomic E-state index is 0.164. The molecule has 1 amide bonds. The average molecular weight is 367 g/mol. The van der Waals surface area contributed by atoms with Crippen LogP contribution in [0.5, 0.6) is 0 Å². The second-order valence-electron chi connectivity index (χ2n) is 7.37. The highest BCUT2D eigenvalue weighted by Crippen LogP contribution is 2.23. The van der Waals surface area contributed by atoms with Crippen LogP contribution in [0.4, 0.5) is 5.82 Å². The van der Waals surface area contributed by atoms with Crippen molar-refractivity contribution in [1.29, 1.82) is 0 Å². The van der Waals surface area contributed by atoms with Crippen LogP contribution in [0.3, 0.4) is 0 Å². The number of anilines is 1. The second kappa shape index (κ2) is 9.46. The second-order valence-corrected chi connectivity index (χ2v) is 7.37. The number of carbonyl (C=O) groups is 1. The topological polar surface area (TPSA) is 70.2 Å². The van der Waals surface area contributed by atoms with Crippen LogP contribution in [0.1, 0.15) is 42.6 Å². The van der Waals surface area contributed by atoms with Gasteiger partial charge in [0.25, 0.3) is 5.91 Å². The van der Waals surface area contributed by atoms with E-state index in [-0.39, 0.29) is 5.91 Å². The Kier molecular flexibility index (Phi) is 6.76. The third-order valence-corrected chi connectivity index (χ3v) is 4.79. The molecule has 1 aromatic heterocycles. The van der Waals surface area contributed by atoms with Crippen molar-refractivity contribution in [3.05, 3.63) is 42.1 Å². The van der Waals surface area contributed by atoms with Gasteiger partial charge in [-0.1, -0.05) is 49.6 Å². The molecular weight excluding hydrogens is 338 g/mol. The zero-order valence-electron chi connectivity index (χ0n) is 16.2. The Labute approximate surface area is 161 Å². The fraction of sp³-hybridized carbons (Fsp3) is 0.476. The lowest BCUT2D eigenvalue weighted by Crippen LogP contribution is -2.32. The van der Waals surface area contributed by atoms with Crippen LogP contribution in [0.2, 0.25) is 0 Å². The number of rotatable bonds is 7. The number of hydrogen-bond acceptors (Lipinski definition) is 5. The Bertz CT molecular complexity index is 741. The number of carbonyl (C=O) groups excluding carboxylic acids is 1. The molecule has 2 N–H and O–H groups in total. The third-order valence-electron chi connectivity index (χ3n) is 4.79. The Morgan fingerprint density at radius 1 is 1.11 bits per heavy atom. The van der Waals surface area contributed by atoms with Crippen molar-refractivity contribution >= 4 is 11.7 Å². The summed E-state index contributed by atoms with van der Waals surface area (Å²) in [5.41, 5.74) is 1.31. The smallest absolute Gasteiger partial charge is 0.270 e. The van der Waals surface area contributed by atoms with Gasteiger partial charge in [0.15, 0.2) is 5.82 Å². The summed E-state index contributed by atoms with van der Waals surface area (Å²) >= 11 is 0. The van der Waals surface area contributed by atoms with Crippen molar-refractivity contribution in [2.24, 2.45) is 0 Å². The van der Waals surface area contributed by atoms with Crippen molar-refractivity contribution < 1.29 is 4.79 Å². The molecule has 1 heterocycles. The normalized spacial score (nSPS) is 14.9. The fourth-order valence-electron chi connectivity index (χ4n) is 3.29. The number of nitrogens with one attached hydrogen (secondary N) is 2. The standard InChI is InChI=1S/C21H29N5O/c1-26(2)14-13-22-21(27)18-15-19(23-17-11-7-4-8-12-17)25-20(24-18)16-9-5-3-6-10-16/h3,5-6,9-10,15,17H,4,7-8,11-14H2,1-2H3,(H,22,27)(H,23,24,25). The Morgan fingerprint density at radius 2 is 1.85 bits per heavy atom. The number of amides is 1. The van der Waals surface area contributed by atoms with E-state index >= 15 is 0 Å². The van der Waals surface area contributed by atoms with Crippen molar-refractivity contribution in [3.63, 3.8) is 0 Å². The molecule has 0 aliphatic heterocycles. The van der Waals surface area contributed by atoms with Gasteiger partial charge in [-0.25, -0.2) is 9.97 Å². The molecule has 1 aromatic carbocycles. The van der Waals surface area contributed by atoms with Crippen LogP contribution in [0.25, 0.3) is 11.4 Å². The molecule has 6 nitrogen and oxygen atoms in total. The first-order valence-electron chi connectivity index (χ1n) is 9.76. The first-order valence-corrected chi connectivity index (χ1v) is 9.76. The molecule has 1 aliphatic rings. The zero-order chi connectivity index (χ0) is 19.1. The van der Waals surface area contributed by atoms with Gasteiger partial charge < -0.3 is 15.5 Å². The highest BCUT2D eigenvalue weighted by atomic mass is 16.1. The molecule has 1 fully saturated rings. The predicted molar refractivity (Wildman–Crippen MR) is 109 cm³/mol. The zero-order valence-corrected chi connectivity index (χ0v) is 16.2. The number of benzene rings is 1. The van der Waals surface area contributed by atoms with E-state index in [1.165, 1.54) is 19.3 Å². The SMILES string of the molecule is CN(C)CCNC(=O)c1cc(NC2CCCCC2)nc(-c2ccccc2)n1. The summed E-state index contributed by atoms with van der Waals surface area (Å²) in [5, 5.41) is 6.46. The molecule has 1 saturated carbocycles. The molecule has 0 radical (unpaired) electrons. The summed E-state index contributed by atoms with van der Waals surface area (Å²) in [6.45, 7) is 1.37. The van der Waals surface area contributed by atoms with Gasteiger partial charge in [-0.3, -0.25) is 4.79 Å². The quantitative estimate of drug-likeness (QED) is 0.786. The lowest BCUT2D eigenvalue weighted by atomic mass is 9.95. The first kappa shape index (κ1) is 19.3. The molecule has 0 atom stereocenters. The van der Waals surface area contributed by atoms with E-state index < -0.39 is 0 Å². The van der Waals surface area contributed by atoms with Gasteiger partial charge in [0, 0.05) is 30.8 Å². The molecule has 27 heavy (non-hydrogen) atoms. The van der Waals surface area contributed by atoms with Crippen molar-refractivity contribution in [1.82, 2.24) is 20.2 Å². The number of hydrogen-bond donors (Lipinski definition) is 2. The van der Waals surface area contributed by atoms with Crippen molar-refractivity contribution in [2.75, 3.05) is 32.5 Å². The monoisotopic (exact) mass is 367 g/mol. The minimum Gasteiger partial charge on any atom is -0.367 e. The molecule has 6 heteroatoms. The van der Waals surface area contributed by atoms with Gasteiger partial charge in [0.2, 0.25) is 0 Å². The third kappa shape index (κ3) is 5.76. The minimum atomic E-state index is -0.164. The summed E-state index contributed by atoms with van der Waals surface area (Å²) in [4.78, 5) is 23.8. The van der Waals surface area contributed by atoms with Crippen LogP contribution in [0.15, 0.2) is 36.4 Å². The maximum Gasteiger partial charge on any atom is 0.270 e. The van der Waals surface area contributed by atoms with E-state index in [0.29, 0.717) is 24.1 Å². The van der Waals surface area contributed by atoms with E-state index in [0.717, 1.165) is 30.8 Å². The lowest BCUT2D eigenvalue weighted by Gasteiger charge is -2.23. The lowest BCUT2D eigenvalue weighted by molar-refractivity contribution is 0.0946. The molecule has 1 aliphatic carbocycles. The molecule has 3 rings (SSSR count). The molecule has 0 spiro atoms. The van der Waals surface area contributed by atoms with Crippen molar-refractivity contribution in [2.45, 2.75) is 38.1 Å². The first-order chi connectivity index (χ1) is 13.1. The van der Waals surface area contributed by atoms with E-state index in [9.17, 15) is 4.79 Å². The van der Waals surface area contributed by atoms with Gasteiger partial charge >= 0.3 is 0 Å². The maximum atomic E-state index is 12.6. The molecule has 0 bridgehead atoms. The number of likely N-dealkylation sites (N-methyl/N-ethyl adjacent to an activating group) is 1. The van der Waals surface area contributed by atoms with Crippen LogP contribution in [-0.2, 0) is 0 Å². The summed E-state index contributed by atoms with van der Waals surface area (Å²) < 4.78 is 0. The Morgan fingerprint density at radius 3 is 2.56 bits per heavy atom. The van der Waals surface area contributed by atoms with Gasteiger partial charge in [0.1, 0.15) is 11.5 Å². The predicted octanol–water partition coefficient (Wildman–Crippen LogP) is 3.18. The van der Waals surface area contributed by atoms with Gasteiger partial charge in [0.05, 0.1) is 0 Å². The molecule has 2 aromatic rings. The van der Waals surface area contributed by atoms with E-state index in [1.807, 2.05) is 49.3 Å². The highest BCUT2D eigenvalue weighted by molar-refractivity contribution is 5.93. The van der Waals surface area contributed by atoms with Gasteiger partial charge in [-0.15, -0.1) is 0 Å². The van der Waals surface area contributed by atoms with Gasteiger partial charge in [-0.2, -0.15) is 0 Å². The highest BCUT2D eigenvalue weighted by Gasteiger charge is 2.17. The Balaban J connectivity index is 1.82. The van der Waals surface area contributed by atoms with Crippen LogP contribution in [0, 0.1) is 0 Å². The summed E-state index contributed by atoms with van der Waals surface area (Å²) in [6.07, 6.45) is 6.08. The molecular formula is C21H29N5O. The molecule has 0 unspecified atom stereocenters.